The SMILES string of the molecule is Cc1cc(=O)[nH]c(-n2[nH]c3ncc4c(c3c2=O)C[C@H](c2ccc(F)cc2)CC4=O)n1. The van der Waals surface area contributed by atoms with Gasteiger partial charge < -0.3 is 0 Å². The molecule has 4 aromatic rings. The topological polar surface area (TPSA) is 113 Å². The van der Waals surface area contributed by atoms with Crippen molar-refractivity contribution in [3.05, 3.63) is 85.4 Å². The van der Waals surface area contributed by atoms with E-state index in [1.807, 2.05) is 0 Å². The second-order valence-electron chi connectivity index (χ2n) is 7.42. The van der Waals surface area contributed by atoms with Crippen molar-refractivity contribution in [3.8, 4) is 5.95 Å². The Morgan fingerprint density at radius 2 is 1.90 bits per heavy atom. The summed E-state index contributed by atoms with van der Waals surface area (Å²) in [6.45, 7) is 1.65. The molecule has 0 radical (unpaired) electrons. The summed E-state index contributed by atoms with van der Waals surface area (Å²) in [7, 11) is 0. The first-order valence-electron chi connectivity index (χ1n) is 9.40. The van der Waals surface area contributed by atoms with Gasteiger partial charge in [0.15, 0.2) is 11.4 Å². The molecule has 150 valence electrons. The zero-order chi connectivity index (χ0) is 21.0. The molecule has 1 atom stereocenters. The third-order valence-electron chi connectivity index (χ3n) is 5.41. The Morgan fingerprint density at radius 3 is 2.63 bits per heavy atom. The van der Waals surface area contributed by atoms with Crippen LogP contribution >= 0.6 is 0 Å². The van der Waals surface area contributed by atoms with Gasteiger partial charge >= 0.3 is 0 Å². The summed E-state index contributed by atoms with van der Waals surface area (Å²) < 4.78 is 14.4. The lowest BCUT2D eigenvalue weighted by Crippen LogP contribution is -2.24. The fourth-order valence-electron chi connectivity index (χ4n) is 4.03. The van der Waals surface area contributed by atoms with E-state index in [9.17, 15) is 18.8 Å². The predicted molar refractivity (Wildman–Crippen MR) is 107 cm³/mol. The molecule has 5 rings (SSSR count). The number of pyridine rings is 1. The number of aromatic nitrogens is 5. The molecule has 30 heavy (non-hydrogen) atoms. The van der Waals surface area contributed by atoms with E-state index < -0.39 is 5.56 Å². The number of aryl methyl sites for hydroxylation is 1. The maximum absolute atomic E-state index is 13.3. The minimum atomic E-state index is -0.448. The molecular formula is C21H16FN5O3. The molecule has 1 aliphatic rings. The quantitative estimate of drug-likeness (QED) is 0.531. The molecular weight excluding hydrogens is 389 g/mol. The van der Waals surface area contributed by atoms with Crippen LogP contribution in [0, 0.1) is 12.7 Å². The summed E-state index contributed by atoms with van der Waals surface area (Å²) in [5.41, 5.74) is 1.77. The van der Waals surface area contributed by atoms with Crippen LogP contribution in [0.25, 0.3) is 17.0 Å². The van der Waals surface area contributed by atoms with Crippen LogP contribution in [-0.2, 0) is 6.42 Å². The van der Waals surface area contributed by atoms with E-state index in [2.05, 4.69) is 20.1 Å². The molecule has 0 bridgehead atoms. The van der Waals surface area contributed by atoms with E-state index in [0.29, 0.717) is 28.9 Å². The number of fused-ring (bicyclic) bond motifs is 3. The van der Waals surface area contributed by atoms with Crippen LogP contribution in [0.5, 0.6) is 0 Å². The van der Waals surface area contributed by atoms with Crippen molar-refractivity contribution in [3.63, 3.8) is 0 Å². The van der Waals surface area contributed by atoms with Crippen LogP contribution in [0.3, 0.4) is 0 Å². The van der Waals surface area contributed by atoms with Gasteiger partial charge in [0.25, 0.3) is 11.1 Å². The number of hydrogen-bond donors (Lipinski definition) is 2. The normalized spacial score (nSPS) is 16.1. The Kier molecular flexibility index (Phi) is 3.99. The summed E-state index contributed by atoms with van der Waals surface area (Å²) in [5, 5.41) is 3.15. The molecule has 0 saturated carbocycles. The number of rotatable bonds is 2. The van der Waals surface area contributed by atoms with Crippen LogP contribution in [0.2, 0.25) is 0 Å². The molecule has 3 heterocycles. The van der Waals surface area contributed by atoms with Crippen LogP contribution in [0.1, 0.15) is 39.5 Å². The first kappa shape index (κ1) is 18.2. The highest BCUT2D eigenvalue weighted by molar-refractivity contribution is 6.02. The summed E-state index contributed by atoms with van der Waals surface area (Å²) in [4.78, 5) is 48.7. The van der Waals surface area contributed by atoms with Gasteiger partial charge in [0, 0.05) is 29.9 Å². The monoisotopic (exact) mass is 405 g/mol. The Balaban J connectivity index is 1.68. The van der Waals surface area contributed by atoms with Crippen molar-refractivity contribution in [1.82, 2.24) is 24.7 Å². The van der Waals surface area contributed by atoms with Gasteiger partial charge in [-0.2, -0.15) is 4.68 Å². The van der Waals surface area contributed by atoms with Crippen molar-refractivity contribution in [2.24, 2.45) is 0 Å². The fourth-order valence-corrected chi connectivity index (χ4v) is 4.03. The van der Waals surface area contributed by atoms with Gasteiger partial charge in [0.1, 0.15) is 5.82 Å². The molecule has 0 spiro atoms. The standard InChI is InChI=1S/C21H16FN5O3/c1-10-6-17(29)25-21(24-10)27-20(30)18-14-7-12(11-2-4-13(22)5-3-11)8-16(28)15(14)9-23-19(18)26-27/h2-6,9,12H,7-8H2,1H3,(H,23,26)(H,24,25,29)/t12-/m0/s1. The summed E-state index contributed by atoms with van der Waals surface area (Å²) >= 11 is 0. The van der Waals surface area contributed by atoms with Gasteiger partial charge in [-0.1, -0.05) is 12.1 Å². The van der Waals surface area contributed by atoms with Crippen molar-refractivity contribution >= 4 is 16.8 Å². The van der Waals surface area contributed by atoms with Crippen molar-refractivity contribution in [2.75, 3.05) is 0 Å². The van der Waals surface area contributed by atoms with E-state index in [4.69, 9.17) is 0 Å². The number of carbonyl (C=O) groups excluding carboxylic acids is 1. The van der Waals surface area contributed by atoms with Crippen LogP contribution in [0.4, 0.5) is 4.39 Å². The number of nitrogens with one attached hydrogen (secondary N) is 2. The van der Waals surface area contributed by atoms with E-state index in [1.54, 1.807) is 19.1 Å². The molecule has 3 aromatic heterocycles. The van der Waals surface area contributed by atoms with Gasteiger partial charge in [0.05, 0.1) is 5.39 Å². The number of H-pyrrole nitrogens is 2. The third-order valence-corrected chi connectivity index (χ3v) is 5.41. The van der Waals surface area contributed by atoms with E-state index in [-0.39, 0.29) is 40.8 Å². The third kappa shape index (κ3) is 2.86. The van der Waals surface area contributed by atoms with Gasteiger partial charge in [-0.3, -0.25) is 24.5 Å². The van der Waals surface area contributed by atoms with Gasteiger partial charge in [-0.15, -0.1) is 0 Å². The molecule has 0 fully saturated rings. The van der Waals surface area contributed by atoms with Crippen LogP contribution < -0.4 is 11.1 Å². The second kappa shape index (κ2) is 6.58. The molecule has 0 saturated heterocycles. The van der Waals surface area contributed by atoms with Crippen molar-refractivity contribution < 1.29 is 9.18 Å². The lowest BCUT2D eigenvalue weighted by molar-refractivity contribution is 0.0964. The predicted octanol–water partition coefficient (Wildman–Crippen LogP) is 2.16. The number of carbonyl (C=O) groups is 1. The summed E-state index contributed by atoms with van der Waals surface area (Å²) in [6, 6.07) is 7.37. The molecule has 0 unspecified atom stereocenters. The molecule has 8 nitrogen and oxygen atoms in total. The molecule has 0 amide bonds. The lowest BCUT2D eigenvalue weighted by atomic mass is 9.79. The van der Waals surface area contributed by atoms with Crippen LogP contribution in [0.15, 0.2) is 46.1 Å². The average molecular weight is 405 g/mol. The zero-order valence-electron chi connectivity index (χ0n) is 15.9. The maximum atomic E-state index is 13.3. The zero-order valence-corrected chi connectivity index (χ0v) is 15.9. The van der Waals surface area contributed by atoms with E-state index in [0.717, 1.165) is 10.2 Å². The van der Waals surface area contributed by atoms with Crippen LogP contribution in [-0.4, -0.2) is 30.5 Å². The number of aromatic amines is 2. The molecule has 9 heteroatoms. The van der Waals surface area contributed by atoms with Gasteiger partial charge in [-0.05, 0) is 42.5 Å². The van der Waals surface area contributed by atoms with E-state index in [1.165, 1.54) is 24.4 Å². The Morgan fingerprint density at radius 1 is 1.13 bits per heavy atom. The fraction of sp³-hybridized carbons (Fsp3) is 0.190. The number of ketones is 1. The minimum absolute atomic E-state index is 0.0500. The molecule has 0 aliphatic heterocycles. The molecule has 1 aromatic carbocycles. The number of halogens is 1. The first-order valence-corrected chi connectivity index (χ1v) is 9.40. The molecule has 1 aliphatic carbocycles. The largest absolute Gasteiger partial charge is 0.294 e. The van der Waals surface area contributed by atoms with E-state index >= 15 is 0 Å². The minimum Gasteiger partial charge on any atom is -0.294 e. The smallest absolute Gasteiger partial charge is 0.283 e. The highest BCUT2D eigenvalue weighted by Gasteiger charge is 2.30. The number of Topliss-reactive ketones (excluding diaryl/α,β-unsaturated/α-hetero) is 1. The number of hydrogen-bond acceptors (Lipinski definition) is 5. The first-order chi connectivity index (χ1) is 14.4. The van der Waals surface area contributed by atoms with Gasteiger partial charge in [0.2, 0.25) is 5.95 Å². The maximum Gasteiger partial charge on any atom is 0.283 e. The lowest BCUT2D eigenvalue weighted by Gasteiger charge is -2.24. The summed E-state index contributed by atoms with van der Waals surface area (Å²) in [5.74, 6) is -0.583. The number of nitrogens with zero attached hydrogens (tertiary/aromatic N) is 3. The van der Waals surface area contributed by atoms with Crippen molar-refractivity contribution in [1.29, 1.82) is 0 Å². The number of benzene rings is 1. The average Bonchev–Trinajstić information content (AvgIpc) is 3.05. The second-order valence-corrected chi connectivity index (χ2v) is 7.42. The Labute approximate surface area is 168 Å². The highest BCUT2D eigenvalue weighted by Crippen LogP contribution is 2.34. The Hall–Kier alpha value is -3.88. The van der Waals surface area contributed by atoms with Crippen molar-refractivity contribution in [2.45, 2.75) is 25.7 Å². The Bertz CT molecular complexity index is 1430. The highest BCUT2D eigenvalue weighted by atomic mass is 19.1. The van der Waals surface area contributed by atoms with Gasteiger partial charge in [-0.25, -0.2) is 14.4 Å². The summed E-state index contributed by atoms with van der Waals surface area (Å²) in [6.07, 6.45) is 2.17. The molecule has 2 N–H and O–H groups in total.